The lowest BCUT2D eigenvalue weighted by Gasteiger charge is -2.28. The Balaban J connectivity index is -0.000000194. The third-order valence-corrected chi connectivity index (χ3v) is 25.6. The molecule has 0 saturated carbocycles. The molecule has 16 nitrogen and oxygen atoms in total. The lowest BCUT2D eigenvalue weighted by atomic mass is 10.3. The van der Waals surface area contributed by atoms with Crippen molar-refractivity contribution in [3.63, 3.8) is 0 Å². The van der Waals surface area contributed by atoms with Gasteiger partial charge in [0.05, 0.1) is 63.6 Å². The maximum atomic E-state index is 9.34. The van der Waals surface area contributed by atoms with Crippen LogP contribution < -0.4 is 0 Å². The van der Waals surface area contributed by atoms with Gasteiger partial charge in [0.15, 0.2) is 33.3 Å². The Bertz CT molecular complexity index is 843. The Morgan fingerprint density at radius 1 is 0.429 bits per heavy atom. The van der Waals surface area contributed by atoms with E-state index < -0.39 is 72.4 Å². The molecule has 21 heteroatoms. The van der Waals surface area contributed by atoms with Crippen LogP contribution in [0.1, 0.15) is 34.1 Å². The van der Waals surface area contributed by atoms with E-state index in [0.29, 0.717) is 30.1 Å². The molecular formula is C35H90O16Si5. The highest BCUT2D eigenvalue weighted by atomic mass is 28.4. The van der Waals surface area contributed by atoms with Gasteiger partial charge in [-0.1, -0.05) is 34.1 Å². The molecular weight excluding hydrogens is 817 g/mol. The van der Waals surface area contributed by atoms with Gasteiger partial charge in [-0.25, -0.2) is 0 Å². The molecule has 0 aliphatic rings. The summed E-state index contributed by atoms with van der Waals surface area (Å²) < 4.78 is 26.1. The lowest BCUT2D eigenvalue weighted by Crippen LogP contribution is -2.39. The van der Waals surface area contributed by atoms with Gasteiger partial charge in [-0.05, 0) is 87.5 Å². The molecule has 346 valence electrons. The number of aliphatic hydroxyl groups is 10. The predicted octanol–water partition coefficient (Wildman–Crippen LogP) is 2.01. The van der Waals surface area contributed by atoms with Crippen molar-refractivity contribution in [1.82, 2.24) is 0 Å². The molecule has 56 heavy (non-hydrogen) atoms. The largest absolute Gasteiger partial charge is 0.420 e. The van der Waals surface area contributed by atoms with Gasteiger partial charge in [-0.3, -0.25) is 0 Å². The maximum absolute atomic E-state index is 9.34. The quantitative estimate of drug-likeness (QED) is 0.0585. The van der Waals surface area contributed by atoms with E-state index in [2.05, 4.69) is 47.3 Å². The second-order valence-electron chi connectivity index (χ2n) is 16.2. The van der Waals surface area contributed by atoms with E-state index in [1.807, 2.05) is 13.1 Å². The molecule has 0 amide bonds. The Labute approximate surface area is 345 Å². The molecule has 0 aromatic heterocycles. The third kappa shape index (κ3) is 39.9. The molecule has 0 aliphatic carbocycles. The van der Waals surface area contributed by atoms with Crippen LogP contribution in [0.3, 0.4) is 0 Å². The average Bonchev–Trinajstić information content (AvgIpc) is 3.14. The molecule has 11 N–H and O–H groups in total. The normalized spacial score (nSPS) is 18.5. The van der Waals surface area contributed by atoms with Gasteiger partial charge in [-0.2, -0.15) is 0 Å². The minimum absolute atomic E-state index is 0.153. The molecule has 0 spiro atoms. The predicted molar refractivity (Wildman–Crippen MR) is 236 cm³/mol. The van der Waals surface area contributed by atoms with Gasteiger partial charge in [0.2, 0.25) is 0 Å². The van der Waals surface area contributed by atoms with Crippen LogP contribution in [-0.4, -0.2) is 197 Å². The SMILES string of the molecule is CCC[Si](C)(CC(O)CO)OC.CC[Si](C)(CC(O)CO)OC.CO[Si](C)(C)CC(O)CO.CO[Si](C)(CC(C)C)CC(O)CO.CO[Si](C)(O)CC(O)CO. The Morgan fingerprint density at radius 2 is 0.750 bits per heavy atom. The fraction of sp³-hybridized carbons (Fsp3) is 1.00. The summed E-state index contributed by atoms with van der Waals surface area (Å²) in [7, 11) is -1.40. The first kappa shape index (κ1) is 65.6. The average molecular weight is 908 g/mol. The van der Waals surface area contributed by atoms with Crippen LogP contribution in [0.25, 0.3) is 0 Å². The topological polar surface area (TPSA) is 269 Å². The zero-order valence-electron chi connectivity index (χ0n) is 37.8. The molecule has 0 aromatic rings. The number of hydrogen-bond donors (Lipinski definition) is 11. The monoisotopic (exact) mass is 907 g/mol. The Kier molecular flexibility index (Phi) is 42.3. The van der Waals surface area contributed by atoms with Crippen LogP contribution in [0.4, 0.5) is 0 Å². The summed E-state index contributed by atoms with van der Waals surface area (Å²) in [6.45, 7) is 19.3. The van der Waals surface area contributed by atoms with Crippen molar-refractivity contribution < 1.29 is 78.0 Å². The van der Waals surface area contributed by atoms with Crippen LogP contribution in [0.2, 0.25) is 87.6 Å². The minimum Gasteiger partial charge on any atom is -0.420 e. The molecule has 0 aromatic carbocycles. The van der Waals surface area contributed by atoms with Crippen LogP contribution in [0, 0.1) is 5.92 Å². The zero-order valence-corrected chi connectivity index (χ0v) is 42.8. The fourth-order valence-corrected chi connectivity index (χ4v) is 15.9. The third-order valence-electron chi connectivity index (χ3n) is 9.24. The van der Waals surface area contributed by atoms with E-state index >= 15 is 0 Å². The van der Waals surface area contributed by atoms with Gasteiger partial charge in [0, 0.05) is 41.6 Å². The van der Waals surface area contributed by atoms with Gasteiger partial charge in [0.1, 0.15) is 0 Å². The van der Waals surface area contributed by atoms with Crippen molar-refractivity contribution in [2.75, 3.05) is 68.6 Å². The molecule has 0 heterocycles. The summed E-state index contributed by atoms with van der Waals surface area (Å²) in [6.07, 6.45) is -2.22. The minimum atomic E-state index is -2.67. The van der Waals surface area contributed by atoms with Crippen LogP contribution in [0.15, 0.2) is 0 Å². The van der Waals surface area contributed by atoms with Gasteiger partial charge in [-0.15, -0.1) is 0 Å². The van der Waals surface area contributed by atoms with E-state index in [1.54, 1.807) is 35.0 Å². The number of rotatable bonds is 25. The van der Waals surface area contributed by atoms with Crippen molar-refractivity contribution in [3.8, 4) is 0 Å². The van der Waals surface area contributed by atoms with Gasteiger partial charge < -0.3 is 78.0 Å². The van der Waals surface area contributed by atoms with Crippen LogP contribution in [0.5, 0.6) is 0 Å². The van der Waals surface area contributed by atoms with Crippen molar-refractivity contribution in [3.05, 3.63) is 0 Å². The van der Waals surface area contributed by atoms with Crippen molar-refractivity contribution in [1.29, 1.82) is 0 Å². The summed E-state index contributed by atoms with van der Waals surface area (Å²) >= 11 is 0. The summed E-state index contributed by atoms with van der Waals surface area (Å²) in [6, 6.07) is 5.67. The molecule has 0 radical (unpaired) electrons. The highest BCUT2D eigenvalue weighted by molar-refractivity contribution is 6.73. The summed E-state index contributed by atoms with van der Waals surface area (Å²) in [5.74, 6) is 0.586. The molecule has 9 atom stereocenters. The Morgan fingerprint density at radius 3 is 1.02 bits per heavy atom. The second-order valence-corrected chi connectivity index (χ2v) is 36.5. The van der Waals surface area contributed by atoms with E-state index in [0.717, 1.165) is 24.6 Å². The van der Waals surface area contributed by atoms with Gasteiger partial charge in [0.25, 0.3) is 0 Å². The second kappa shape index (κ2) is 36.1. The molecule has 0 fully saturated rings. The molecule has 0 rings (SSSR count). The molecule has 0 saturated heterocycles. The smallest absolute Gasteiger partial charge is 0.334 e. The maximum Gasteiger partial charge on any atom is 0.334 e. The highest BCUT2D eigenvalue weighted by Gasteiger charge is 2.32. The number of hydrogen-bond acceptors (Lipinski definition) is 16. The molecule has 9 unspecified atom stereocenters. The first-order chi connectivity index (χ1) is 25.6. The zero-order chi connectivity index (χ0) is 45.4. The van der Waals surface area contributed by atoms with Crippen molar-refractivity contribution in [2.24, 2.45) is 5.92 Å². The van der Waals surface area contributed by atoms with Crippen molar-refractivity contribution >= 4 is 41.8 Å². The van der Waals surface area contributed by atoms with E-state index in [9.17, 15) is 15.0 Å². The van der Waals surface area contributed by atoms with Crippen LogP contribution in [-0.2, 0) is 22.1 Å². The lowest BCUT2D eigenvalue weighted by molar-refractivity contribution is 0.100. The number of aliphatic hydroxyl groups excluding tert-OH is 10. The van der Waals surface area contributed by atoms with Crippen LogP contribution >= 0.6 is 0 Å². The summed E-state index contributed by atoms with van der Waals surface area (Å²) in [5, 5.41) is 88.6. The highest BCUT2D eigenvalue weighted by Crippen LogP contribution is 2.23. The summed E-state index contributed by atoms with van der Waals surface area (Å²) in [4.78, 5) is 9.27. The first-order valence-corrected chi connectivity index (χ1v) is 33.7. The first-order valence-electron chi connectivity index (χ1n) is 19.5. The standard InChI is InChI=1S/C9H22O3Si.C8H20O3Si.C7H18O3Si.C6H16O3Si.C5H14O4Si/c1-8(2)6-13(4,12-3)7-9(11)5-10;1-4-5-12(3,11-2)7-8(10)6-9;1-4-11(3,10-2)6-7(9)5-8;1-9-10(2,3)5-6(8)4-7;1-9-10(2,8)4-5(7)3-6/h8-11H,5-7H2,1-4H3;8-10H,4-7H2,1-3H3;7-9H,4-6H2,1-3H3;6-8H,4-5H2,1-3H3;5-8H,3-4H2,1-2H3. The van der Waals surface area contributed by atoms with E-state index in [1.165, 1.54) is 7.11 Å². The fourth-order valence-electron chi connectivity index (χ4n) is 5.29. The summed E-state index contributed by atoms with van der Waals surface area (Å²) in [5.41, 5.74) is 0. The van der Waals surface area contributed by atoms with E-state index in [-0.39, 0.29) is 39.1 Å². The molecule has 0 bridgehead atoms. The van der Waals surface area contributed by atoms with Crippen molar-refractivity contribution in [2.45, 2.75) is 152 Å². The Hall–Kier alpha value is 0.444. The molecule has 0 aliphatic heterocycles. The van der Waals surface area contributed by atoms with E-state index in [4.69, 9.17) is 63.0 Å². The van der Waals surface area contributed by atoms with Gasteiger partial charge >= 0.3 is 8.56 Å².